The van der Waals surface area contributed by atoms with Crippen LogP contribution in [0.4, 0.5) is 5.82 Å². The minimum atomic E-state index is -1.16. The zero-order valence-corrected chi connectivity index (χ0v) is 14.2. The second-order valence-corrected chi connectivity index (χ2v) is 6.05. The molecule has 2 heterocycles. The topological polar surface area (TPSA) is 84.6 Å². The fraction of sp³-hybridized carbons (Fsp3) is 0.312. The van der Waals surface area contributed by atoms with Gasteiger partial charge in [0.05, 0.1) is 12.3 Å². The van der Waals surface area contributed by atoms with Crippen molar-refractivity contribution in [1.29, 1.82) is 0 Å². The first-order valence-corrected chi connectivity index (χ1v) is 7.79. The molecule has 7 nitrogen and oxygen atoms in total. The van der Waals surface area contributed by atoms with Crippen LogP contribution in [0.5, 0.6) is 0 Å². The van der Waals surface area contributed by atoms with Crippen LogP contribution >= 0.6 is 11.6 Å². The van der Waals surface area contributed by atoms with E-state index in [2.05, 4.69) is 20.4 Å². The van der Waals surface area contributed by atoms with E-state index < -0.39 is 5.60 Å². The first-order valence-electron chi connectivity index (χ1n) is 7.41. The smallest absolute Gasteiger partial charge is 0.254 e. The zero-order valence-electron chi connectivity index (χ0n) is 13.4. The highest BCUT2D eigenvalue weighted by molar-refractivity contribution is 6.31. The summed E-state index contributed by atoms with van der Waals surface area (Å²) in [6.45, 7) is 2.30. The predicted molar refractivity (Wildman–Crippen MR) is 91.0 cm³/mol. The van der Waals surface area contributed by atoms with Gasteiger partial charge in [0, 0.05) is 30.3 Å². The van der Waals surface area contributed by atoms with Crippen LogP contribution in [0.3, 0.4) is 0 Å². The lowest BCUT2D eigenvalue weighted by molar-refractivity contribution is 0.0715. The van der Waals surface area contributed by atoms with E-state index in [1.807, 2.05) is 18.2 Å². The number of nitrogens with zero attached hydrogens (tertiary/aromatic N) is 4. The number of hydrogen-bond acceptors (Lipinski definition) is 6. The van der Waals surface area contributed by atoms with Crippen LogP contribution < -0.4 is 5.32 Å². The Morgan fingerprint density at radius 2 is 2.17 bits per heavy atom. The molecule has 1 atom stereocenters. The number of fused-ring (bicyclic) bond motifs is 1. The summed E-state index contributed by atoms with van der Waals surface area (Å²) in [7, 11) is 1.60. The molecule has 0 saturated heterocycles. The third kappa shape index (κ3) is 3.33. The summed E-state index contributed by atoms with van der Waals surface area (Å²) in [5, 5.41) is 18.6. The molecule has 0 spiro atoms. The van der Waals surface area contributed by atoms with Crippen LogP contribution in [-0.4, -0.2) is 38.3 Å². The molecule has 0 saturated carbocycles. The molecule has 2 N–H and O–H groups in total. The molecule has 8 heteroatoms. The van der Waals surface area contributed by atoms with Crippen molar-refractivity contribution in [3.63, 3.8) is 0 Å². The Balaban J connectivity index is 1.87. The minimum Gasteiger partial charge on any atom is -0.384 e. The number of aromatic nitrogens is 4. The molecule has 0 amide bonds. The van der Waals surface area contributed by atoms with Crippen molar-refractivity contribution in [1.82, 2.24) is 19.6 Å². The standard InChI is InChI=1S/C16H18ClN5O2/c1-16(23,12-5-3-4-6-13(12)17)9-18-14-7-11(8-24-2)21-15-19-10-20-22(14)15/h3-7,10,18,23H,8-9H2,1-2H3. The maximum atomic E-state index is 10.8. The van der Waals surface area contributed by atoms with Gasteiger partial charge in [0.15, 0.2) is 0 Å². The predicted octanol–water partition coefficient (Wildman–Crippen LogP) is 2.24. The van der Waals surface area contributed by atoms with Crippen molar-refractivity contribution < 1.29 is 9.84 Å². The Labute approximate surface area is 144 Å². The molecule has 3 aromatic rings. The molecule has 1 aromatic carbocycles. The van der Waals surface area contributed by atoms with Crippen LogP contribution in [0, 0.1) is 0 Å². The van der Waals surface area contributed by atoms with Crippen LogP contribution in [-0.2, 0) is 16.9 Å². The Hall–Kier alpha value is -2.22. The van der Waals surface area contributed by atoms with Crippen molar-refractivity contribution in [2.24, 2.45) is 0 Å². The largest absolute Gasteiger partial charge is 0.384 e. The first kappa shape index (κ1) is 16.6. The van der Waals surface area contributed by atoms with Crippen LogP contribution in [0.1, 0.15) is 18.2 Å². The van der Waals surface area contributed by atoms with E-state index in [0.29, 0.717) is 28.8 Å². The van der Waals surface area contributed by atoms with E-state index in [1.54, 1.807) is 30.7 Å². The number of nitrogens with one attached hydrogen (secondary N) is 1. The molecule has 0 aliphatic heterocycles. The van der Waals surface area contributed by atoms with E-state index in [9.17, 15) is 5.11 Å². The third-order valence-electron chi connectivity index (χ3n) is 3.66. The average molecular weight is 348 g/mol. The van der Waals surface area contributed by atoms with Crippen molar-refractivity contribution in [3.05, 3.63) is 52.9 Å². The summed E-state index contributed by atoms with van der Waals surface area (Å²) in [5.41, 5.74) is 0.216. The van der Waals surface area contributed by atoms with Crippen LogP contribution in [0.15, 0.2) is 36.7 Å². The van der Waals surface area contributed by atoms with Crippen molar-refractivity contribution in [2.45, 2.75) is 19.1 Å². The highest BCUT2D eigenvalue weighted by atomic mass is 35.5. The number of benzene rings is 1. The minimum absolute atomic E-state index is 0.238. The zero-order chi connectivity index (χ0) is 17.2. The van der Waals surface area contributed by atoms with Gasteiger partial charge in [-0.15, -0.1) is 0 Å². The number of aliphatic hydroxyl groups is 1. The van der Waals surface area contributed by atoms with Crippen LogP contribution in [0.25, 0.3) is 5.78 Å². The fourth-order valence-electron chi connectivity index (χ4n) is 2.46. The van der Waals surface area contributed by atoms with Crippen molar-refractivity contribution >= 4 is 23.2 Å². The summed E-state index contributed by atoms with van der Waals surface area (Å²) in [4.78, 5) is 8.44. The Bertz CT molecular complexity index is 849. The van der Waals surface area contributed by atoms with E-state index in [-0.39, 0.29) is 6.54 Å². The summed E-state index contributed by atoms with van der Waals surface area (Å²) in [6.07, 6.45) is 1.43. The van der Waals surface area contributed by atoms with Gasteiger partial charge < -0.3 is 15.2 Å². The fourth-order valence-corrected chi connectivity index (χ4v) is 2.80. The van der Waals surface area contributed by atoms with Gasteiger partial charge in [0.25, 0.3) is 5.78 Å². The number of ether oxygens (including phenoxy) is 1. The van der Waals surface area contributed by atoms with Gasteiger partial charge in [-0.05, 0) is 13.0 Å². The highest BCUT2D eigenvalue weighted by Crippen LogP contribution is 2.28. The lowest BCUT2D eigenvalue weighted by atomic mass is 9.96. The molecule has 126 valence electrons. The SMILES string of the molecule is COCc1cc(NCC(C)(O)c2ccccc2Cl)n2ncnc2n1. The molecule has 0 bridgehead atoms. The Kier molecular flexibility index (Phi) is 4.66. The maximum Gasteiger partial charge on any atom is 0.254 e. The normalized spacial score (nSPS) is 13.8. The van der Waals surface area contributed by atoms with Gasteiger partial charge in [0.2, 0.25) is 0 Å². The highest BCUT2D eigenvalue weighted by Gasteiger charge is 2.25. The Morgan fingerprint density at radius 3 is 2.92 bits per heavy atom. The van der Waals surface area contributed by atoms with Crippen molar-refractivity contribution in [2.75, 3.05) is 19.0 Å². The maximum absolute atomic E-state index is 10.8. The van der Waals surface area contributed by atoms with E-state index in [0.717, 1.165) is 5.69 Å². The van der Waals surface area contributed by atoms with Gasteiger partial charge in [-0.1, -0.05) is 29.8 Å². The van der Waals surface area contributed by atoms with E-state index >= 15 is 0 Å². The molecule has 2 aromatic heterocycles. The molecule has 0 aliphatic carbocycles. The number of rotatable bonds is 6. The molecular weight excluding hydrogens is 330 g/mol. The van der Waals surface area contributed by atoms with Gasteiger partial charge in [-0.25, -0.2) is 4.98 Å². The summed E-state index contributed by atoms with van der Waals surface area (Å²) in [5.74, 6) is 1.13. The van der Waals surface area contributed by atoms with Crippen LogP contribution in [0.2, 0.25) is 5.02 Å². The second-order valence-electron chi connectivity index (χ2n) is 5.64. The Morgan fingerprint density at radius 1 is 1.38 bits per heavy atom. The summed E-state index contributed by atoms with van der Waals surface area (Å²) in [6, 6.07) is 9.04. The third-order valence-corrected chi connectivity index (χ3v) is 3.99. The van der Waals surface area contributed by atoms with Gasteiger partial charge in [0.1, 0.15) is 17.7 Å². The summed E-state index contributed by atoms with van der Waals surface area (Å²) < 4.78 is 6.70. The van der Waals surface area contributed by atoms with Gasteiger partial charge in [-0.2, -0.15) is 14.6 Å². The molecular formula is C16H18ClN5O2. The summed E-state index contributed by atoms with van der Waals surface area (Å²) >= 11 is 6.19. The number of methoxy groups -OCH3 is 1. The molecule has 0 fully saturated rings. The van der Waals surface area contributed by atoms with E-state index in [4.69, 9.17) is 16.3 Å². The molecule has 1 unspecified atom stereocenters. The molecule has 0 aliphatic rings. The lowest BCUT2D eigenvalue weighted by Crippen LogP contribution is -2.31. The van der Waals surface area contributed by atoms with Gasteiger partial charge >= 0.3 is 0 Å². The monoisotopic (exact) mass is 347 g/mol. The number of anilines is 1. The second kappa shape index (κ2) is 6.72. The molecule has 3 rings (SSSR count). The van der Waals surface area contributed by atoms with Gasteiger partial charge in [-0.3, -0.25) is 0 Å². The van der Waals surface area contributed by atoms with Crippen molar-refractivity contribution in [3.8, 4) is 0 Å². The quantitative estimate of drug-likeness (QED) is 0.711. The first-order chi connectivity index (χ1) is 11.5. The number of halogens is 1. The lowest BCUT2D eigenvalue weighted by Gasteiger charge is -2.26. The van der Waals surface area contributed by atoms with E-state index in [1.165, 1.54) is 6.33 Å². The number of hydrogen-bond donors (Lipinski definition) is 2. The average Bonchev–Trinajstić information content (AvgIpc) is 3.02. The molecule has 24 heavy (non-hydrogen) atoms. The molecule has 0 radical (unpaired) electrons.